The maximum atomic E-state index is 12.8. The number of amides is 1. The van der Waals surface area contributed by atoms with E-state index < -0.39 is 0 Å². The summed E-state index contributed by atoms with van der Waals surface area (Å²) in [5.74, 6) is 1.67. The second-order valence-electron chi connectivity index (χ2n) is 7.54. The fourth-order valence-corrected chi connectivity index (χ4v) is 3.64. The first-order valence-corrected chi connectivity index (χ1v) is 10.5. The summed E-state index contributed by atoms with van der Waals surface area (Å²) in [5, 5.41) is 0. The third-order valence-electron chi connectivity index (χ3n) is 5.43. The van der Waals surface area contributed by atoms with Crippen LogP contribution < -0.4 is 9.47 Å². The van der Waals surface area contributed by atoms with Gasteiger partial charge in [0.1, 0.15) is 18.1 Å². The monoisotopic (exact) mass is 417 g/mol. The fourth-order valence-electron chi connectivity index (χ4n) is 3.64. The van der Waals surface area contributed by atoms with Crippen LogP contribution in [0, 0.1) is 0 Å². The first-order valence-electron chi connectivity index (χ1n) is 10.5. The highest BCUT2D eigenvalue weighted by Crippen LogP contribution is 2.25. The van der Waals surface area contributed by atoms with Gasteiger partial charge in [-0.3, -0.25) is 4.79 Å². The highest BCUT2D eigenvalue weighted by Gasteiger charge is 2.24. The Morgan fingerprint density at radius 3 is 2.39 bits per heavy atom. The van der Waals surface area contributed by atoms with Gasteiger partial charge in [0.2, 0.25) is 0 Å². The molecular weight excluding hydrogens is 390 g/mol. The number of carbonyl (C=O) groups excluding carboxylic acids is 1. The van der Waals surface area contributed by atoms with Gasteiger partial charge in [0.25, 0.3) is 5.91 Å². The Morgan fingerprint density at radius 2 is 1.61 bits per heavy atom. The lowest BCUT2D eigenvalue weighted by molar-refractivity contribution is 0.0600. The molecule has 1 heterocycles. The van der Waals surface area contributed by atoms with Crippen molar-refractivity contribution >= 4 is 5.91 Å². The number of rotatable bonds is 9. The van der Waals surface area contributed by atoms with Crippen molar-refractivity contribution in [2.75, 3.05) is 26.8 Å². The van der Waals surface area contributed by atoms with E-state index in [2.05, 4.69) is 0 Å². The summed E-state index contributed by atoms with van der Waals surface area (Å²) in [6.45, 7) is 2.86. The van der Waals surface area contributed by atoms with Crippen molar-refractivity contribution < 1.29 is 19.0 Å². The minimum absolute atomic E-state index is 0.0614. The number of hydrogen-bond donors (Lipinski definition) is 0. The zero-order chi connectivity index (χ0) is 21.5. The minimum atomic E-state index is 0.0614. The molecule has 0 unspecified atom stereocenters. The topological polar surface area (TPSA) is 48.0 Å². The van der Waals surface area contributed by atoms with Crippen molar-refractivity contribution in [3.8, 4) is 11.5 Å². The SMILES string of the molecule is COc1ccc(COc2ccc3c(c2)CCN(CCOCc2ccccc2)C3=O)cc1. The van der Waals surface area contributed by atoms with Crippen LogP contribution in [0.4, 0.5) is 0 Å². The van der Waals surface area contributed by atoms with Crippen LogP contribution in [0.3, 0.4) is 0 Å². The number of benzene rings is 3. The van der Waals surface area contributed by atoms with Crippen LogP contribution in [0.1, 0.15) is 27.0 Å². The highest BCUT2D eigenvalue weighted by molar-refractivity contribution is 5.96. The van der Waals surface area contributed by atoms with Crippen LogP contribution in [-0.4, -0.2) is 37.6 Å². The lowest BCUT2D eigenvalue weighted by atomic mass is 9.98. The van der Waals surface area contributed by atoms with E-state index >= 15 is 0 Å². The largest absolute Gasteiger partial charge is 0.497 e. The number of methoxy groups -OCH3 is 1. The molecule has 4 rings (SSSR count). The van der Waals surface area contributed by atoms with Gasteiger partial charge in [-0.05, 0) is 53.4 Å². The molecule has 1 aliphatic rings. The third-order valence-corrected chi connectivity index (χ3v) is 5.43. The van der Waals surface area contributed by atoms with E-state index in [4.69, 9.17) is 14.2 Å². The molecule has 1 amide bonds. The minimum Gasteiger partial charge on any atom is -0.497 e. The predicted molar refractivity (Wildman–Crippen MR) is 119 cm³/mol. The van der Waals surface area contributed by atoms with Crippen LogP contribution >= 0.6 is 0 Å². The molecule has 0 aromatic heterocycles. The molecule has 3 aromatic carbocycles. The summed E-state index contributed by atoms with van der Waals surface area (Å²) in [6, 6.07) is 23.6. The molecule has 0 atom stereocenters. The quantitative estimate of drug-likeness (QED) is 0.482. The van der Waals surface area contributed by atoms with Gasteiger partial charge in [0.05, 0.1) is 20.3 Å². The van der Waals surface area contributed by atoms with E-state index in [1.54, 1.807) is 7.11 Å². The average Bonchev–Trinajstić information content (AvgIpc) is 2.82. The van der Waals surface area contributed by atoms with E-state index in [9.17, 15) is 4.79 Å². The number of carbonyl (C=O) groups is 1. The number of ether oxygens (including phenoxy) is 3. The molecule has 3 aromatic rings. The Bertz CT molecular complexity index is 1000. The molecule has 0 radical (unpaired) electrons. The predicted octanol–water partition coefficient (Wildman–Crippen LogP) is 4.49. The lowest BCUT2D eigenvalue weighted by Gasteiger charge is -2.28. The summed E-state index contributed by atoms with van der Waals surface area (Å²) in [4.78, 5) is 14.7. The molecule has 160 valence electrons. The first kappa shape index (κ1) is 20.9. The van der Waals surface area contributed by atoms with Crippen LogP contribution in [-0.2, 0) is 24.4 Å². The molecule has 31 heavy (non-hydrogen) atoms. The Morgan fingerprint density at radius 1 is 0.871 bits per heavy atom. The zero-order valence-electron chi connectivity index (χ0n) is 17.8. The van der Waals surface area contributed by atoms with Crippen molar-refractivity contribution in [1.82, 2.24) is 4.90 Å². The number of fused-ring (bicyclic) bond motifs is 1. The molecule has 0 spiro atoms. The second kappa shape index (κ2) is 10.1. The summed E-state index contributed by atoms with van der Waals surface area (Å²) >= 11 is 0. The molecule has 1 aliphatic heterocycles. The molecule has 0 N–H and O–H groups in total. The van der Waals surface area contributed by atoms with E-state index in [1.165, 1.54) is 0 Å². The molecule has 5 heteroatoms. The standard InChI is InChI=1S/C26H27NO4/c1-29-23-9-7-21(8-10-23)19-31-24-11-12-25-22(17-24)13-14-27(26(25)28)15-16-30-18-20-5-3-2-4-6-20/h2-12,17H,13-16,18-19H2,1H3. The van der Waals surface area contributed by atoms with Crippen molar-refractivity contribution in [2.45, 2.75) is 19.6 Å². The van der Waals surface area contributed by atoms with Gasteiger partial charge < -0.3 is 19.1 Å². The Hall–Kier alpha value is -3.31. The Kier molecular flexibility index (Phi) is 6.85. The maximum Gasteiger partial charge on any atom is 0.254 e. The van der Waals surface area contributed by atoms with Gasteiger partial charge in [-0.15, -0.1) is 0 Å². The third kappa shape index (κ3) is 5.44. The van der Waals surface area contributed by atoms with Crippen molar-refractivity contribution in [3.63, 3.8) is 0 Å². The lowest BCUT2D eigenvalue weighted by Crippen LogP contribution is -2.39. The molecule has 5 nitrogen and oxygen atoms in total. The summed E-state index contributed by atoms with van der Waals surface area (Å²) in [6.07, 6.45) is 0.819. The molecule has 0 bridgehead atoms. The van der Waals surface area contributed by atoms with Crippen LogP contribution in [0.5, 0.6) is 11.5 Å². The highest BCUT2D eigenvalue weighted by atomic mass is 16.5. The maximum absolute atomic E-state index is 12.8. The number of hydrogen-bond acceptors (Lipinski definition) is 4. The number of nitrogens with zero attached hydrogens (tertiary/aromatic N) is 1. The molecule has 0 fully saturated rings. The fraction of sp³-hybridized carbons (Fsp3) is 0.269. The van der Waals surface area contributed by atoms with Crippen LogP contribution in [0.15, 0.2) is 72.8 Å². The van der Waals surface area contributed by atoms with Gasteiger partial charge in [0.15, 0.2) is 0 Å². The van der Waals surface area contributed by atoms with Crippen LogP contribution in [0.2, 0.25) is 0 Å². The smallest absolute Gasteiger partial charge is 0.254 e. The summed E-state index contributed by atoms with van der Waals surface area (Å²) in [7, 11) is 1.65. The van der Waals surface area contributed by atoms with Crippen LogP contribution in [0.25, 0.3) is 0 Å². The molecule has 0 saturated carbocycles. The first-order chi connectivity index (χ1) is 15.2. The van der Waals surface area contributed by atoms with Gasteiger partial charge in [-0.1, -0.05) is 42.5 Å². The molecule has 0 saturated heterocycles. The summed E-state index contributed by atoms with van der Waals surface area (Å²) in [5.41, 5.74) is 4.00. The van der Waals surface area contributed by atoms with E-state index in [0.717, 1.165) is 40.2 Å². The average molecular weight is 418 g/mol. The van der Waals surface area contributed by atoms with Gasteiger partial charge in [-0.2, -0.15) is 0 Å². The molecular formula is C26H27NO4. The second-order valence-corrected chi connectivity index (χ2v) is 7.54. The zero-order valence-corrected chi connectivity index (χ0v) is 17.8. The van der Waals surface area contributed by atoms with Gasteiger partial charge >= 0.3 is 0 Å². The van der Waals surface area contributed by atoms with Gasteiger partial charge in [0, 0.05) is 18.7 Å². The van der Waals surface area contributed by atoms with E-state index in [-0.39, 0.29) is 5.91 Å². The van der Waals surface area contributed by atoms with E-state index in [0.29, 0.717) is 32.9 Å². The summed E-state index contributed by atoms with van der Waals surface area (Å²) < 4.78 is 16.9. The van der Waals surface area contributed by atoms with Crippen molar-refractivity contribution in [3.05, 3.63) is 95.1 Å². The van der Waals surface area contributed by atoms with E-state index in [1.807, 2.05) is 77.7 Å². The van der Waals surface area contributed by atoms with Crippen molar-refractivity contribution in [1.29, 1.82) is 0 Å². The van der Waals surface area contributed by atoms with Gasteiger partial charge in [-0.25, -0.2) is 0 Å². The normalized spacial score (nSPS) is 13.1. The Labute approximate surface area is 183 Å². The molecule has 0 aliphatic carbocycles. The Balaban J connectivity index is 1.28. The van der Waals surface area contributed by atoms with Crippen molar-refractivity contribution in [2.24, 2.45) is 0 Å².